The summed E-state index contributed by atoms with van der Waals surface area (Å²) in [5, 5.41) is 3.82. The van der Waals surface area contributed by atoms with Crippen molar-refractivity contribution in [3.63, 3.8) is 0 Å². The largest absolute Gasteiger partial charge is 0.493 e. The average molecular weight is 376 g/mol. The molecule has 26 heavy (non-hydrogen) atoms. The molecule has 6 nitrogen and oxygen atoms in total. The molecule has 1 aromatic carbocycles. The van der Waals surface area contributed by atoms with E-state index in [-0.39, 0.29) is 18.1 Å². The van der Waals surface area contributed by atoms with Gasteiger partial charge in [0.05, 0.1) is 32.1 Å². The topological polar surface area (TPSA) is 69.7 Å². The normalized spacial score (nSPS) is 17.8. The molecule has 2 atom stereocenters. The molecule has 0 saturated carbocycles. The van der Waals surface area contributed by atoms with Gasteiger partial charge in [0.1, 0.15) is 9.88 Å². The quantitative estimate of drug-likeness (QED) is 0.836. The van der Waals surface area contributed by atoms with E-state index in [2.05, 4.69) is 10.3 Å². The van der Waals surface area contributed by atoms with Crippen LogP contribution in [-0.2, 0) is 4.74 Å². The third kappa shape index (κ3) is 3.83. The van der Waals surface area contributed by atoms with Crippen molar-refractivity contribution in [2.45, 2.75) is 38.8 Å². The second-order valence-corrected chi connectivity index (χ2v) is 7.32. The number of nitrogens with zero attached hydrogens (tertiary/aromatic N) is 1. The number of aryl methyl sites for hydroxylation is 1. The van der Waals surface area contributed by atoms with E-state index in [9.17, 15) is 4.79 Å². The highest BCUT2D eigenvalue weighted by Crippen LogP contribution is 2.35. The second kappa shape index (κ2) is 8.05. The number of rotatable bonds is 6. The van der Waals surface area contributed by atoms with Crippen molar-refractivity contribution in [3.8, 4) is 22.1 Å². The van der Waals surface area contributed by atoms with Crippen molar-refractivity contribution in [2.75, 3.05) is 20.8 Å². The first-order valence-corrected chi connectivity index (χ1v) is 9.47. The Hall–Kier alpha value is -2.12. The van der Waals surface area contributed by atoms with Crippen LogP contribution in [0.1, 0.15) is 35.1 Å². The van der Waals surface area contributed by atoms with Crippen LogP contribution in [0.4, 0.5) is 0 Å². The van der Waals surface area contributed by atoms with Crippen LogP contribution in [0.2, 0.25) is 0 Å². The minimum Gasteiger partial charge on any atom is -0.493 e. The maximum atomic E-state index is 12.7. The Kier molecular flexibility index (Phi) is 5.78. The Balaban J connectivity index is 1.79. The minimum absolute atomic E-state index is 0.0176. The molecular weight excluding hydrogens is 352 g/mol. The molecule has 1 amide bonds. The van der Waals surface area contributed by atoms with Gasteiger partial charge in [-0.3, -0.25) is 4.79 Å². The number of hydrogen-bond donors (Lipinski definition) is 1. The molecule has 1 aliphatic heterocycles. The molecular formula is C19H24N2O4S. The second-order valence-electron chi connectivity index (χ2n) is 6.32. The molecule has 1 N–H and O–H groups in total. The van der Waals surface area contributed by atoms with Crippen molar-refractivity contribution in [2.24, 2.45) is 0 Å². The molecule has 140 valence electrons. The highest BCUT2D eigenvalue weighted by molar-refractivity contribution is 7.17. The first-order valence-electron chi connectivity index (χ1n) is 8.65. The van der Waals surface area contributed by atoms with Crippen molar-refractivity contribution in [1.82, 2.24) is 10.3 Å². The SMILES string of the molecule is COc1ccc(-c2nc(C)c(C(=O)NC(C)C3CCCO3)s2)cc1OC. The lowest BCUT2D eigenvalue weighted by molar-refractivity contribution is 0.0714. The third-order valence-corrected chi connectivity index (χ3v) is 5.72. The summed E-state index contributed by atoms with van der Waals surface area (Å²) in [4.78, 5) is 17.9. The monoisotopic (exact) mass is 376 g/mol. The number of benzene rings is 1. The molecule has 0 aliphatic carbocycles. The van der Waals surface area contributed by atoms with Crippen molar-refractivity contribution in [1.29, 1.82) is 0 Å². The molecule has 1 aromatic heterocycles. The van der Waals surface area contributed by atoms with E-state index in [1.54, 1.807) is 14.2 Å². The molecule has 7 heteroatoms. The standard InChI is InChI=1S/C19H24N2O4S/c1-11(14-6-5-9-25-14)20-18(22)17-12(2)21-19(26-17)13-7-8-15(23-3)16(10-13)24-4/h7-8,10-11,14H,5-6,9H2,1-4H3,(H,20,22). The maximum absolute atomic E-state index is 12.7. The number of carbonyl (C=O) groups is 1. The molecule has 0 bridgehead atoms. The van der Waals surface area contributed by atoms with E-state index in [4.69, 9.17) is 14.2 Å². The van der Waals surface area contributed by atoms with Crippen LogP contribution in [0.25, 0.3) is 10.6 Å². The number of amides is 1. The van der Waals surface area contributed by atoms with Crippen molar-refractivity contribution in [3.05, 3.63) is 28.8 Å². The molecule has 0 spiro atoms. The van der Waals surface area contributed by atoms with Crippen LogP contribution >= 0.6 is 11.3 Å². The van der Waals surface area contributed by atoms with Gasteiger partial charge in [0.2, 0.25) is 0 Å². The number of thiazole rings is 1. The number of ether oxygens (including phenoxy) is 3. The lowest BCUT2D eigenvalue weighted by Gasteiger charge is -2.19. The van der Waals surface area contributed by atoms with Crippen LogP contribution in [0.5, 0.6) is 11.5 Å². The number of carbonyl (C=O) groups excluding carboxylic acids is 1. The average Bonchev–Trinajstić information content (AvgIpc) is 3.30. The summed E-state index contributed by atoms with van der Waals surface area (Å²) in [6.07, 6.45) is 2.13. The predicted molar refractivity (Wildman–Crippen MR) is 101 cm³/mol. The number of hydrogen-bond acceptors (Lipinski definition) is 6. The molecule has 2 aromatic rings. The third-order valence-electron chi connectivity index (χ3n) is 4.51. The van der Waals surface area contributed by atoms with Crippen LogP contribution in [0.15, 0.2) is 18.2 Å². The highest BCUT2D eigenvalue weighted by Gasteiger charge is 2.25. The van der Waals surface area contributed by atoms with Gasteiger partial charge in [0.25, 0.3) is 5.91 Å². The van der Waals surface area contributed by atoms with Crippen LogP contribution in [0, 0.1) is 6.92 Å². The number of nitrogens with one attached hydrogen (secondary N) is 1. The fraction of sp³-hybridized carbons (Fsp3) is 0.474. The predicted octanol–water partition coefficient (Wildman–Crippen LogP) is 3.43. The molecule has 2 unspecified atom stereocenters. The highest BCUT2D eigenvalue weighted by atomic mass is 32.1. The molecule has 0 radical (unpaired) electrons. The van der Waals surface area contributed by atoms with Crippen LogP contribution < -0.4 is 14.8 Å². The molecule has 1 fully saturated rings. The zero-order chi connectivity index (χ0) is 18.7. The fourth-order valence-corrected chi connectivity index (χ4v) is 4.03. The maximum Gasteiger partial charge on any atom is 0.263 e. The summed E-state index contributed by atoms with van der Waals surface area (Å²) < 4.78 is 16.3. The van der Waals surface area contributed by atoms with E-state index < -0.39 is 0 Å². The lowest BCUT2D eigenvalue weighted by Crippen LogP contribution is -2.40. The first kappa shape index (κ1) is 18.7. The van der Waals surface area contributed by atoms with Gasteiger partial charge in [-0.25, -0.2) is 4.98 Å². The van der Waals surface area contributed by atoms with Crippen molar-refractivity contribution < 1.29 is 19.0 Å². The Morgan fingerprint density at radius 2 is 2.12 bits per heavy atom. The summed E-state index contributed by atoms with van der Waals surface area (Å²) in [5.74, 6) is 1.19. The molecule has 1 saturated heterocycles. The Morgan fingerprint density at radius 1 is 1.35 bits per heavy atom. The Bertz CT molecular complexity index is 784. The first-order chi connectivity index (χ1) is 12.5. The van der Waals surface area contributed by atoms with E-state index in [0.717, 1.165) is 35.7 Å². The Morgan fingerprint density at radius 3 is 2.77 bits per heavy atom. The van der Waals surface area contributed by atoms with Gasteiger partial charge in [-0.1, -0.05) is 0 Å². The minimum atomic E-state index is -0.102. The smallest absolute Gasteiger partial charge is 0.263 e. The Labute approximate surface area is 157 Å². The zero-order valence-electron chi connectivity index (χ0n) is 15.5. The van der Waals surface area contributed by atoms with Gasteiger partial charge in [0.15, 0.2) is 11.5 Å². The summed E-state index contributed by atoms with van der Waals surface area (Å²) in [7, 11) is 3.20. The van der Waals surface area contributed by atoms with Gasteiger partial charge in [0, 0.05) is 12.2 Å². The number of methoxy groups -OCH3 is 2. The van der Waals surface area contributed by atoms with E-state index in [0.29, 0.717) is 16.4 Å². The van der Waals surface area contributed by atoms with Gasteiger partial charge >= 0.3 is 0 Å². The van der Waals surface area contributed by atoms with E-state index in [1.807, 2.05) is 32.0 Å². The summed E-state index contributed by atoms with van der Waals surface area (Å²) in [5.41, 5.74) is 1.61. The van der Waals surface area contributed by atoms with Crippen LogP contribution in [0.3, 0.4) is 0 Å². The number of aromatic nitrogens is 1. The fourth-order valence-electron chi connectivity index (χ4n) is 3.06. The van der Waals surface area contributed by atoms with Gasteiger partial charge in [-0.2, -0.15) is 0 Å². The zero-order valence-corrected chi connectivity index (χ0v) is 16.3. The van der Waals surface area contributed by atoms with Crippen LogP contribution in [-0.4, -0.2) is 43.9 Å². The summed E-state index contributed by atoms with van der Waals surface area (Å²) in [6.45, 7) is 4.61. The summed E-state index contributed by atoms with van der Waals surface area (Å²) in [6, 6.07) is 5.60. The molecule has 2 heterocycles. The van der Waals surface area contributed by atoms with E-state index in [1.165, 1.54) is 11.3 Å². The molecule has 3 rings (SSSR count). The molecule has 1 aliphatic rings. The van der Waals surface area contributed by atoms with Gasteiger partial charge < -0.3 is 19.5 Å². The van der Waals surface area contributed by atoms with Gasteiger partial charge in [-0.05, 0) is 44.9 Å². The van der Waals surface area contributed by atoms with Gasteiger partial charge in [-0.15, -0.1) is 11.3 Å². The van der Waals surface area contributed by atoms with E-state index >= 15 is 0 Å². The lowest BCUT2D eigenvalue weighted by atomic mass is 10.1. The van der Waals surface area contributed by atoms with Crippen molar-refractivity contribution >= 4 is 17.2 Å². The summed E-state index contributed by atoms with van der Waals surface area (Å²) >= 11 is 1.38.